The highest BCUT2D eigenvalue weighted by molar-refractivity contribution is 7.91. The van der Waals surface area contributed by atoms with Crippen LogP contribution in [-0.2, 0) is 16.4 Å². The average molecular weight is 383 g/mol. The molecule has 2 fully saturated rings. The Morgan fingerprint density at radius 3 is 2.31 bits per heavy atom. The molecule has 2 aliphatic heterocycles. The first-order valence-corrected chi connectivity index (χ1v) is 10.5. The molecular weight excluding hydrogens is 358 g/mol. The molecule has 0 spiro atoms. The second-order valence-corrected chi connectivity index (χ2v) is 9.19. The van der Waals surface area contributed by atoms with Gasteiger partial charge in [-0.2, -0.15) is 5.10 Å². The van der Waals surface area contributed by atoms with Gasteiger partial charge in [-0.3, -0.25) is 9.48 Å². The standard InChI is InChI=1S/C16H25N5O4S/c1-5-21-11(2)12(8-17-21)15(22)19-6-7-20(16(23)18(3)4)14-10-26(24,25)9-13(14)19/h8,13-14H,5-7,9-10H2,1-4H3/t13-,14+/m0/s1. The van der Waals surface area contributed by atoms with Gasteiger partial charge in [0.1, 0.15) is 0 Å². The number of rotatable bonds is 2. The molecule has 0 N–H and O–H groups in total. The molecule has 26 heavy (non-hydrogen) atoms. The summed E-state index contributed by atoms with van der Waals surface area (Å²) in [6, 6.07) is -1.25. The predicted molar refractivity (Wildman–Crippen MR) is 95.7 cm³/mol. The van der Waals surface area contributed by atoms with Crippen molar-refractivity contribution in [2.45, 2.75) is 32.5 Å². The molecule has 0 saturated carbocycles. The minimum atomic E-state index is -3.31. The van der Waals surface area contributed by atoms with Crippen LogP contribution in [0.15, 0.2) is 6.20 Å². The molecule has 0 aromatic carbocycles. The lowest BCUT2D eigenvalue weighted by Crippen LogP contribution is -2.63. The van der Waals surface area contributed by atoms with E-state index in [1.165, 1.54) is 11.1 Å². The Kier molecular flexibility index (Phi) is 4.72. The van der Waals surface area contributed by atoms with E-state index in [1.54, 1.807) is 28.6 Å². The van der Waals surface area contributed by atoms with Crippen molar-refractivity contribution in [2.75, 3.05) is 38.7 Å². The lowest BCUT2D eigenvalue weighted by atomic mass is 10.0. The zero-order valence-electron chi connectivity index (χ0n) is 15.5. The fourth-order valence-electron chi connectivity index (χ4n) is 3.83. The summed E-state index contributed by atoms with van der Waals surface area (Å²) < 4.78 is 26.2. The Hall–Kier alpha value is -2.10. The van der Waals surface area contributed by atoms with E-state index in [4.69, 9.17) is 0 Å². The van der Waals surface area contributed by atoms with Crippen molar-refractivity contribution < 1.29 is 18.0 Å². The van der Waals surface area contributed by atoms with Gasteiger partial charge in [0.15, 0.2) is 9.84 Å². The lowest BCUT2D eigenvalue weighted by Gasteiger charge is -2.44. The van der Waals surface area contributed by atoms with Crippen LogP contribution in [0, 0.1) is 6.92 Å². The third-order valence-electron chi connectivity index (χ3n) is 5.20. The zero-order chi connectivity index (χ0) is 19.2. The predicted octanol–water partition coefficient (Wildman–Crippen LogP) is -0.184. The number of carbonyl (C=O) groups is 2. The van der Waals surface area contributed by atoms with Crippen LogP contribution < -0.4 is 0 Å². The summed E-state index contributed by atoms with van der Waals surface area (Å²) in [6.45, 7) is 5.06. The van der Waals surface area contributed by atoms with E-state index in [1.807, 2.05) is 13.8 Å². The number of aryl methyl sites for hydroxylation is 1. The van der Waals surface area contributed by atoms with Crippen molar-refractivity contribution in [3.8, 4) is 0 Å². The molecular formula is C16H25N5O4S. The first-order chi connectivity index (χ1) is 12.2. The molecule has 3 heterocycles. The highest BCUT2D eigenvalue weighted by atomic mass is 32.2. The second-order valence-electron chi connectivity index (χ2n) is 7.04. The number of piperazine rings is 1. The van der Waals surface area contributed by atoms with Crippen LogP contribution in [0.5, 0.6) is 0 Å². The summed E-state index contributed by atoms with van der Waals surface area (Å²) in [4.78, 5) is 30.1. The number of nitrogens with zero attached hydrogens (tertiary/aromatic N) is 5. The van der Waals surface area contributed by atoms with Crippen LogP contribution in [0.3, 0.4) is 0 Å². The maximum Gasteiger partial charge on any atom is 0.319 e. The summed E-state index contributed by atoms with van der Waals surface area (Å²) in [5.74, 6) is -0.429. The van der Waals surface area contributed by atoms with Gasteiger partial charge in [0.05, 0.1) is 35.3 Å². The molecule has 0 unspecified atom stereocenters. The van der Waals surface area contributed by atoms with Crippen LogP contribution in [-0.4, -0.2) is 95.6 Å². The van der Waals surface area contributed by atoms with Crippen LogP contribution in [0.1, 0.15) is 23.0 Å². The summed E-state index contributed by atoms with van der Waals surface area (Å²) in [7, 11) is -0.0269. The van der Waals surface area contributed by atoms with E-state index in [0.717, 1.165) is 5.69 Å². The minimum absolute atomic E-state index is 0.103. The SMILES string of the molecule is CCn1ncc(C(=O)N2CCN(C(=O)N(C)C)[C@@H]3CS(=O)(=O)C[C@@H]32)c1C. The molecule has 0 bridgehead atoms. The quantitative estimate of drug-likeness (QED) is 0.706. The fraction of sp³-hybridized carbons (Fsp3) is 0.688. The van der Waals surface area contributed by atoms with Gasteiger partial charge in [-0.05, 0) is 13.8 Å². The molecule has 3 rings (SSSR count). The van der Waals surface area contributed by atoms with Gasteiger partial charge in [-0.25, -0.2) is 13.2 Å². The normalized spacial score (nSPS) is 24.5. The van der Waals surface area contributed by atoms with E-state index < -0.39 is 21.9 Å². The Bertz CT molecular complexity index is 832. The summed E-state index contributed by atoms with van der Waals surface area (Å²) in [5, 5.41) is 4.21. The molecule has 2 saturated heterocycles. The molecule has 2 aliphatic rings. The number of sulfone groups is 1. The minimum Gasteiger partial charge on any atom is -0.331 e. The summed E-state index contributed by atoms with van der Waals surface area (Å²) >= 11 is 0. The van der Waals surface area contributed by atoms with Gasteiger partial charge in [0.2, 0.25) is 0 Å². The molecule has 2 atom stereocenters. The fourth-order valence-corrected chi connectivity index (χ4v) is 5.81. The van der Waals surface area contributed by atoms with Gasteiger partial charge in [0, 0.05) is 39.4 Å². The van der Waals surface area contributed by atoms with Crippen LogP contribution in [0.25, 0.3) is 0 Å². The van der Waals surface area contributed by atoms with Crippen molar-refractivity contribution in [3.63, 3.8) is 0 Å². The van der Waals surface area contributed by atoms with Gasteiger partial charge >= 0.3 is 6.03 Å². The summed E-state index contributed by atoms with van der Waals surface area (Å²) in [6.07, 6.45) is 1.54. The van der Waals surface area contributed by atoms with E-state index in [2.05, 4.69) is 5.10 Å². The largest absolute Gasteiger partial charge is 0.331 e. The van der Waals surface area contributed by atoms with Crippen molar-refractivity contribution in [1.29, 1.82) is 0 Å². The third kappa shape index (κ3) is 3.06. The van der Waals surface area contributed by atoms with E-state index in [-0.39, 0.29) is 23.4 Å². The molecule has 0 radical (unpaired) electrons. The monoisotopic (exact) mass is 383 g/mol. The number of hydrogen-bond acceptors (Lipinski definition) is 5. The average Bonchev–Trinajstić information content (AvgIpc) is 3.10. The zero-order valence-corrected chi connectivity index (χ0v) is 16.4. The van der Waals surface area contributed by atoms with Gasteiger partial charge < -0.3 is 14.7 Å². The summed E-state index contributed by atoms with van der Waals surface area (Å²) in [5.41, 5.74) is 1.25. The second kappa shape index (κ2) is 6.57. The van der Waals surface area contributed by atoms with Crippen molar-refractivity contribution in [3.05, 3.63) is 17.5 Å². The van der Waals surface area contributed by atoms with E-state index in [0.29, 0.717) is 25.2 Å². The van der Waals surface area contributed by atoms with Gasteiger partial charge in [-0.1, -0.05) is 0 Å². The molecule has 1 aromatic rings. The maximum atomic E-state index is 13.1. The lowest BCUT2D eigenvalue weighted by molar-refractivity contribution is 0.0392. The molecule has 10 heteroatoms. The molecule has 1 aromatic heterocycles. The van der Waals surface area contributed by atoms with Gasteiger partial charge in [0.25, 0.3) is 5.91 Å². The molecule has 0 aliphatic carbocycles. The van der Waals surface area contributed by atoms with Crippen molar-refractivity contribution in [2.24, 2.45) is 0 Å². The number of amides is 3. The Morgan fingerprint density at radius 2 is 1.77 bits per heavy atom. The topological polar surface area (TPSA) is 95.8 Å². The molecule has 144 valence electrons. The van der Waals surface area contributed by atoms with Crippen LogP contribution >= 0.6 is 0 Å². The highest BCUT2D eigenvalue weighted by Gasteiger charge is 2.50. The van der Waals surface area contributed by atoms with Crippen LogP contribution in [0.4, 0.5) is 4.79 Å². The van der Waals surface area contributed by atoms with Gasteiger partial charge in [-0.15, -0.1) is 0 Å². The first-order valence-electron chi connectivity index (χ1n) is 8.68. The van der Waals surface area contributed by atoms with E-state index in [9.17, 15) is 18.0 Å². The Morgan fingerprint density at radius 1 is 1.19 bits per heavy atom. The molecule has 9 nitrogen and oxygen atoms in total. The highest BCUT2D eigenvalue weighted by Crippen LogP contribution is 2.29. The Balaban J connectivity index is 1.91. The number of carbonyl (C=O) groups excluding carboxylic acids is 2. The first kappa shape index (κ1) is 18.7. The molecule has 3 amide bonds. The smallest absolute Gasteiger partial charge is 0.319 e. The third-order valence-corrected chi connectivity index (χ3v) is 6.90. The van der Waals surface area contributed by atoms with Crippen LogP contribution in [0.2, 0.25) is 0 Å². The van der Waals surface area contributed by atoms with Crippen molar-refractivity contribution in [1.82, 2.24) is 24.5 Å². The number of aromatic nitrogens is 2. The number of hydrogen-bond donors (Lipinski definition) is 0. The Labute approximate surface area is 153 Å². The van der Waals surface area contributed by atoms with Crippen molar-refractivity contribution >= 4 is 21.8 Å². The van der Waals surface area contributed by atoms with E-state index >= 15 is 0 Å². The number of fused-ring (bicyclic) bond motifs is 1. The number of urea groups is 1. The maximum absolute atomic E-state index is 13.1.